The molecule has 0 aliphatic heterocycles. The largest absolute Gasteiger partial charge is 0.507 e. The van der Waals surface area contributed by atoms with Crippen molar-refractivity contribution >= 4 is 34.7 Å². The summed E-state index contributed by atoms with van der Waals surface area (Å²) in [6.07, 6.45) is 0.587. The van der Waals surface area contributed by atoms with E-state index in [1.807, 2.05) is 39.8 Å². The third-order valence-electron chi connectivity index (χ3n) is 8.08. The standard InChI is InChI=1S/C28H38N4O7/c1-28(2,3)39-30-11-13-10-16(31(4)5)14-8-12-9-15-19(24(35)17(12)23(34)18(14)22(13)33)25(36)20(27(29)38)26(37)21(15)32(6)7/h10,12,15,17,19-21,30,33H,8-9,11H2,1-7H3,(H2,29,38)/t12-,15?,17?,19?,20?,21+/m0/s1. The number of rotatable bonds is 6. The van der Waals surface area contributed by atoms with E-state index >= 15 is 0 Å². The van der Waals surface area contributed by atoms with Crippen LogP contribution in [0.3, 0.4) is 0 Å². The molecule has 2 fully saturated rings. The summed E-state index contributed by atoms with van der Waals surface area (Å²) in [5, 5.41) is 11.2. The Morgan fingerprint density at radius 1 is 1.08 bits per heavy atom. The maximum Gasteiger partial charge on any atom is 0.235 e. The number of likely N-dealkylation sites (N-methyl/N-ethyl adjacent to an activating group) is 1. The predicted octanol–water partition coefficient (Wildman–Crippen LogP) is 0.638. The zero-order valence-corrected chi connectivity index (χ0v) is 23.5. The van der Waals surface area contributed by atoms with Gasteiger partial charge >= 0.3 is 0 Å². The van der Waals surface area contributed by atoms with Gasteiger partial charge in [-0.3, -0.25) is 33.7 Å². The van der Waals surface area contributed by atoms with Crippen LogP contribution >= 0.6 is 0 Å². The van der Waals surface area contributed by atoms with Crippen LogP contribution in [0.4, 0.5) is 5.69 Å². The van der Waals surface area contributed by atoms with Gasteiger partial charge in [-0.2, -0.15) is 5.48 Å². The molecule has 4 rings (SSSR count). The van der Waals surface area contributed by atoms with Gasteiger partial charge < -0.3 is 15.7 Å². The van der Waals surface area contributed by atoms with Gasteiger partial charge in [-0.25, -0.2) is 0 Å². The number of nitrogens with two attached hydrogens (primary N) is 1. The van der Waals surface area contributed by atoms with Crippen molar-refractivity contribution in [2.75, 3.05) is 33.1 Å². The van der Waals surface area contributed by atoms with Crippen LogP contribution in [-0.4, -0.2) is 78.9 Å². The number of hydroxylamine groups is 1. The van der Waals surface area contributed by atoms with Crippen LogP contribution in [0.1, 0.15) is 48.7 Å². The zero-order valence-electron chi connectivity index (χ0n) is 23.5. The fraction of sp³-hybridized carbons (Fsp3) is 0.607. The van der Waals surface area contributed by atoms with Gasteiger partial charge in [0.15, 0.2) is 29.1 Å². The quantitative estimate of drug-likeness (QED) is 0.344. The van der Waals surface area contributed by atoms with Gasteiger partial charge in [-0.1, -0.05) is 0 Å². The number of fused-ring (bicyclic) bond motifs is 3. The lowest BCUT2D eigenvalue weighted by Crippen LogP contribution is -2.64. The Balaban J connectivity index is 1.78. The number of primary amides is 1. The van der Waals surface area contributed by atoms with Crippen molar-refractivity contribution in [3.8, 4) is 5.75 Å². The molecule has 39 heavy (non-hydrogen) atoms. The summed E-state index contributed by atoms with van der Waals surface area (Å²) in [5.74, 6) is -9.22. The van der Waals surface area contributed by atoms with Gasteiger partial charge in [0.2, 0.25) is 5.91 Å². The van der Waals surface area contributed by atoms with Crippen molar-refractivity contribution in [2.45, 2.75) is 51.8 Å². The highest BCUT2D eigenvalue weighted by molar-refractivity contribution is 6.28. The average Bonchev–Trinajstić information content (AvgIpc) is 2.78. The molecule has 1 amide bonds. The van der Waals surface area contributed by atoms with E-state index in [2.05, 4.69) is 5.48 Å². The molecule has 6 atom stereocenters. The number of amides is 1. The normalized spacial score (nSPS) is 28.7. The molecule has 11 heteroatoms. The first-order chi connectivity index (χ1) is 18.1. The minimum atomic E-state index is -1.72. The second-order valence-electron chi connectivity index (χ2n) is 12.3. The summed E-state index contributed by atoms with van der Waals surface area (Å²) in [6.45, 7) is 5.72. The highest BCUT2D eigenvalue weighted by Gasteiger charge is 2.61. The number of benzene rings is 1. The van der Waals surface area contributed by atoms with Crippen molar-refractivity contribution in [1.82, 2.24) is 10.4 Å². The Bertz CT molecular complexity index is 1250. The van der Waals surface area contributed by atoms with Gasteiger partial charge in [-0.05, 0) is 71.2 Å². The lowest BCUT2D eigenvalue weighted by molar-refractivity contribution is -0.157. The van der Waals surface area contributed by atoms with E-state index in [1.165, 1.54) is 0 Å². The molecule has 11 nitrogen and oxygen atoms in total. The molecule has 1 aromatic carbocycles. The van der Waals surface area contributed by atoms with Gasteiger partial charge in [0, 0.05) is 31.9 Å². The predicted molar refractivity (Wildman–Crippen MR) is 142 cm³/mol. The fourth-order valence-electron chi connectivity index (χ4n) is 6.59. The van der Waals surface area contributed by atoms with Crippen LogP contribution in [-0.2, 0) is 37.0 Å². The number of nitrogens with zero attached hydrogens (tertiary/aromatic N) is 2. The Labute approximate surface area is 228 Å². The Hall–Kier alpha value is -3.15. The molecule has 0 spiro atoms. The Kier molecular flexibility index (Phi) is 7.48. The third kappa shape index (κ3) is 4.87. The maximum atomic E-state index is 14.0. The van der Waals surface area contributed by atoms with E-state index < -0.39 is 70.3 Å². The summed E-state index contributed by atoms with van der Waals surface area (Å²) >= 11 is 0. The number of carbonyl (C=O) groups is 5. The lowest BCUT2D eigenvalue weighted by Gasteiger charge is -2.48. The topological polar surface area (TPSA) is 159 Å². The number of aromatic hydroxyl groups is 1. The van der Waals surface area contributed by atoms with Crippen LogP contribution in [0.25, 0.3) is 0 Å². The first-order valence-corrected chi connectivity index (χ1v) is 13.1. The summed E-state index contributed by atoms with van der Waals surface area (Å²) in [6, 6.07) is 0.937. The van der Waals surface area contributed by atoms with Crippen LogP contribution in [0.15, 0.2) is 6.07 Å². The summed E-state index contributed by atoms with van der Waals surface area (Å²) in [4.78, 5) is 75.6. The number of hydrogen-bond acceptors (Lipinski definition) is 10. The third-order valence-corrected chi connectivity index (χ3v) is 8.08. The highest BCUT2D eigenvalue weighted by Crippen LogP contribution is 2.50. The van der Waals surface area contributed by atoms with Gasteiger partial charge in [0.25, 0.3) is 0 Å². The number of phenols is 1. The van der Waals surface area contributed by atoms with Crippen LogP contribution in [0, 0.1) is 29.6 Å². The summed E-state index contributed by atoms with van der Waals surface area (Å²) in [7, 11) is 6.98. The second-order valence-corrected chi connectivity index (χ2v) is 12.3. The van der Waals surface area contributed by atoms with E-state index in [9.17, 15) is 29.1 Å². The number of hydrogen-bond donors (Lipinski definition) is 3. The van der Waals surface area contributed by atoms with Crippen molar-refractivity contribution in [1.29, 1.82) is 0 Å². The number of carbonyl (C=O) groups excluding carboxylic acids is 5. The molecular weight excluding hydrogens is 504 g/mol. The number of anilines is 1. The van der Waals surface area contributed by atoms with Gasteiger partial charge in [0.1, 0.15) is 5.75 Å². The SMILES string of the molecule is CN(C)c1cc(CNOC(C)(C)C)c(O)c2c1C[C@H]1CC3C(C(=O)C(C(N)=O)C(=O)[C@@H]3N(C)C)C(=O)C1C2=O. The van der Waals surface area contributed by atoms with Crippen LogP contribution in [0.2, 0.25) is 0 Å². The minimum Gasteiger partial charge on any atom is -0.507 e. The molecule has 1 aromatic rings. The number of nitrogens with one attached hydrogen (secondary N) is 1. The molecule has 0 bridgehead atoms. The van der Waals surface area contributed by atoms with E-state index in [0.717, 1.165) is 5.69 Å². The molecule has 3 aliphatic carbocycles. The molecule has 0 radical (unpaired) electrons. The van der Waals surface area contributed by atoms with E-state index in [1.54, 1.807) is 25.1 Å². The Morgan fingerprint density at radius 3 is 2.26 bits per heavy atom. The Morgan fingerprint density at radius 2 is 1.72 bits per heavy atom. The van der Waals surface area contributed by atoms with E-state index in [-0.39, 0.29) is 24.3 Å². The highest BCUT2D eigenvalue weighted by atomic mass is 16.7. The molecule has 0 aromatic heterocycles. The second kappa shape index (κ2) is 10.1. The maximum absolute atomic E-state index is 14.0. The molecular formula is C28H38N4O7. The minimum absolute atomic E-state index is 0.0664. The summed E-state index contributed by atoms with van der Waals surface area (Å²) in [5.41, 5.74) is 9.61. The average molecular weight is 543 g/mol. The number of phenolic OH excluding ortho intramolecular Hbond substituents is 1. The first kappa shape index (κ1) is 28.8. The van der Waals surface area contributed by atoms with E-state index in [4.69, 9.17) is 10.6 Å². The van der Waals surface area contributed by atoms with Crippen molar-refractivity contribution in [3.63, 3.8) is 0 Å². The smallest absolute Gasteiger partial charge is 0.235 e. The molecule has 0 heterocycles. The molecule has 2 saturated carbocycles. The van der Waals surface area contributed by atoms with Gasteiger partial charge in [-0.15, -0.1) is 0 Å². The monoisotopic (exact) mass is 542 g/mol. The van der Waals surface area contributed by atoms with Gasteiger partial charge in [0.05, 0.1) is 29.0 Å². The zero-order chi connectivity index (χ0) is 29.1. The van der Waals surface area contributed by atoms with Crippen LogP contribution < -0.4 is 16.1 Å². The van der Waals surface area contributed by atoms with Crippen molar-refractivity contribution in [3.05, 3.63) is 22.8 Å². The summed E-state index contributed by atoms with van der Waals surface area (Å²) < 4.78 is 0. The van der Waals surface area contributed by atoms with Crippen molar-refractivity contribution < 1.29 is 33.9 Å². The van der Waals surface area contributed by atoms with Crippen LogP contribution in [0.5, 0.6) is 5.75 Å². The van der Waals surface area contributed by atoms with Crippen molar-refractivity contribution in [2.24, 2.45) is 35.3 Å². The first-order valence-electron chi connectivity index (χ1n) is 13.1. The lowest BCUT2D eigenvalue weighted by atomic mass is 9.54. The molecule has 0 saturated heterocycles. The number of Topliss-reactive ketones (excluding diaryl/α,β-unsaturated/α-hetero) is 4. The molecule has 4 N–H and O–H groups in total. The molecule has 212 valence electrons. The molecule has 4 unspecified atom stereocenters. The van der Waals surface area contributed by atoms with E-state index in [0.29, 0.717) is 17.5 Å². The molecule has 3 aliphatic rings. The fourth-order valence-corrected chi connectivity index (χ4v) is 6.59. The number of ketones is 4.